The molecule has 1 saturated heterocycles. The minimum absolute atomic E-state index is 0.0320. The summed E-state index contributed by atoms with van der Waals surface area (Å²) in [5.74, 6) is 0.0320. The number of hydrogen-bond acceptors (Lipinski definition) is 3. The lowest BCUT2D eigenvalue weighted by atomic mass is 9.98. The highest BCUT2D eigenvalue weighted by atomic mass is 19.1. The standard InChI is InChI=1S/C14H19FN2O/c1-11(16)14(15)7-8-17(10-14)9-13(18)12-5-3-2-4-6-12/h2-6,11H,7-10,16H2,1H3. The number of benzene rings is 1. The predicted octanol–water partition coefficient (Wildman–Crippen LogP) is 1.63. The molecule has 1 heterocycles. The number of halogens is 1. The van der Waals surface area contributed by atoms with Crippen LogP contribution in [0.25, 0.3) is 0 Å². The van der Waals surface area contributed by atoms with Crippen LogP contribution in [0.15, 0.2) is 30.3 Å². The highest BCUT2D eigenvalue weighted by Crippen LogP contribution is 2.28. The van der Waals surface area contributed by atoms with Gasteiger partial charge in [0.25, 0.3) is 0 Å². The van der Waals surface area contributed by atoms with E-state index in [1.54, 1.807) is 19.1 Å². The molecule has 0 spiro atoms. The van der Waals surface area contributed by atoms with E-state index in [1.807, 2.05) is 23.1 Å². The molecule has 0 aliphatic carbocycles. The Balaban J connectivity index is 1.95. The van der Waals surface area contributed by atoms with E-state index in [0.29, 0.717) is 18.5 Å². The number of hydrogen-bond donors (Lipinski definition) is 1. The summed E-state index contributed by atoms with van der Waals surface area (Å²) in [7, 11) is 0. The van der Waals surface area contributed by atoms with Crippen LogP contribution in [0.3, 0.4) is 0 Å². The van der Waals surface area contributed by atoms with Gasteiger partial charge in [-0.25, -0.2) is 4.39 Å². The molecule has 2 unspecified atom stereocenters. The number of nitrogens with two attached hydrogens (primary N) is 1. The van der Waals surface area contributed by atoms with Crippen LogP contribution in [0, 0.1) is 0 Å². The molecule has 4 heteroatoms. The Morgan fingerprint density at radius 1 is 1.50 bits per heavy atom. The van der Waals surface area contributed by atoms with Gasteiger partial charge in [-0.05, 0) is 13.3 Å². The fourth-order valence-electron chi connectivity index (χ4n) is 2.30. The molecule has 18 heavy (non-hydrogen) atoms. The van der Waals surface area contributed by atoms with Crippen molar-refractivity contribution in [2.45, 2.75) is 25.1 Å². The first-order chi connectivity index (χ1) is 8.51. The Morgan fingerprint density at radius 2 is 2.17 bits per heavy atom. The normalized spacial score (nSPS) is 26.2. The zero-order chi connectivity index (χ0) is 13.2. The average Bonchev–Trinajstić information content (AvgIpc) is 2.73. The largest absolute Gasteiger partial charge is 0.325 e. The molecule has 3 nitrogen and oxygen atoms in total. The zero-order valence-electron chi connectivity index (χ0n) is 10.6. The van der Waals surface area contributed by atoms with E-state index in [1.165, 1.54) is 0 Å². The third kappa shape index (κ3) is 2.76. The van der Waals surface area contributed by atoms with Gasteiger partial charge in [-0.1, -0.05) is 30.3 Å². The maximum Gasteiger partial charge on any atom is 0.176 e. The van der Waals surface area contributed by atoms with Crippen molar-refractivity contribution < 1.29 is 9.18 Å². The van der Waals surface area contributed by atoms with Gasteiger partial charge in [-0.2, -0.15) is 0 Å². The molecule has 2 N–H and O–H groups in total. The van der Waals surface area contributed by atoms with Crippen LogP contribution in [0.2, 0.25) is 0 Å². The monoisotopic (exact) mass is 250 g/mol. The number of ketones is 1. The first-order valence-corrected chi connectivity index (χ1v) is 6.26. The summed E-state index contributed by atoms with van der Waals surface area (Å²) in [6.07, 6.45) is 0.409. The summed E-state index contributed by atoms with van der Waals surface area (Å²) in [6, 6.07) is 8.61. The third-order valence-electron chi connectivity index (χ3n) is 3.61. The Morgan fingerprint density at radius 3 is 2.72 bits per heavy atom. The van der Waals surface area contributed by atoms with Gasteiger partial charge in [0.15, 0.2) is 5.78 Å². The number of carbonyl (C=O) groups excluding carboxylic acids is 1. The maximum atomic E-state index is 14.3. The first kappa shape index (κ1) is 13.2. The quantitative estimate of drug-likeness (QED) is 0.826. The van der Waals surface area contributed by atoms with Crippen LogP contribution in [-0.2, 0) is 0 Å². The number of nitrogens with zero attached hydrogens (tertiary/aromatic N) is 1. The molecular weight excluding hydrogens is 231 g/mol. The van der Waals surface area contributed by atoms with E-state index in [-0.39, 0.29) is 18.9 Å². The molecule has 1 aliphatic rings. The second kappa shape index (κ2) is 5.16. The molecule has 1 aromatic rings. The van der Waals surface area contributed by atoms with E-state index < -0.39 is 11.7 Å². The van der Waals surface area contributed by atoms with Gasteiger partial charge in [0.1, 0.15) is 5.67 Å². The Labute approximate surface area is 107 Å². The Hall–Kier alpha value is -1.26. The van der Waals surface area contributed by atoms with Crippen molar-refractivity contribution >= 4 is 5.78 Å². The lowest BCUT2D eigenvalue weighted by Crippen LogP contribution is -2.44. The summed E-state index contributed by atoms with van der Waals surface area (Å²) in [5.41, 5.74) is 4.97. The van der Waals surface area contributed by atoms with E-state index in [4.69, 9.17) is 5.73 Å². The summed E-state index contributed by atoms with van der Waals surface area (Å²) in [6.45, 7) is 2.80. The van der Waals surface area contributed by atoms with Crippen molar-refractivity contribution in [1.82, 2.24) is 4.90 Å². The van der Waals surface area contributed by atoms with Crippen molar-refractivity contribution in [2.24, 2.45) is 5.73 Å². The van der Waals surface area contributed by atoms with Gasteiger partial charge < -0.3 is 5.73 Å². The second-order valence-electron chi connectivity index (χ2n) is 5.07. The molecule has 0 saturated carbocycles. The van der Waals surface area contributed by atoms with Gasteiger partial charge in [0.05, 0.1) is 6.54 Å². The first-order valence-electron chi connectivity index (χ1n) is 6.26. The Bertz CT molecular complexity index is 421. The van der Waals surface area contributed by atoms with Crippen molar-refractivity contribution in [3.8, 4) is 0 Å². The van der Waals surface area contributed by atoms with Crippen LogP contribution in [0.4, 0.5) is 4.39 Å². The van der Waals surface area contributed by atoms with Crippen molar-refractivity contribution in [3.63, 3.8) is 0 Å². The van der Waals surface area contributed by atoms with Crippen molar-refractivity contribution in [3.05, 3.63) is 35.9 Å². The molecule has 2 rings (SSSR count). The molecular formula is C14H19FN2O. The van der Waals surface area contributed by atoms with Gasteiger partial charge in [-0.3, -0.25) is 9.69 Å². The summed E-state index contributed by atoms with van der Waals surface area (Å²) < 4.78 is 14.3. The molecule has 2 atom stereocenters. The molecule has 0 aromatic heterocycles. The zero-order valence-corrected chi connectivity index (χ0v) is 10.6. The smallest absolute Gasteiger partial charge is 0.176 e. The molecule has 0 radical (unpaired) electrons. The minimum atomic E-state index is -1.35. The number of alkyl halides is 1. The van der Waals surface area contributed by atoms with Crippen molar-refractivity contribution in [2.75, 3.05) is 19.6 Å². The fourth-order valence-corrected chi connectivity index (χ4v) is 2.30. The van der Waals surface area contributed by atoms with Gasteiger partial charge in [0, 0.05) is 24.7 Å². The van der Waals surface area contributed by atoms with Gasteiger partial charge in [-0.15, -0.1) is 0 Å². The molecule has 98 valence electrons. The minimum Gasteiger partial charge on any atom is -0.325 e. The van der Waals surface area contributed by atoms with E-state index in [9.17, 15) is 9.18 Å². The number of carbonyl (C=O) groups is 1. The maximum absolute atomic E-state index is 14.3. The average molecular weight is 250 g/mol. The molecule has 0 amide bonds. The molecule has 1 fully saturated rings. The number of rotatable bonds is 4. The van der Waals surface area contributed by atoms with Crippen LogP contribution in [-0.4, -0.2) is 42.0 Å². The summed E-state index contributed by atoms with van der Waals surface area (Å²) in [4.78, 5) is 13.8. The molecule has 1 aromatic carbocycles. The van der Waals surface area contributed by atoms with Crippen LogP contribution >= 0.6 is 0 Å². The van der Waals surface area contributed by atoms with E-state index >= 15 is 0 Å². The highest BCUT2D eigenvalue weighted by molar-refractivity contribution is 5.97. The lowest BCUT2D eigenvalue weighted by Gasteiger charge is -2.24. The molecule has 0 bridgehead atoms. The topological polar surface area (TPSA) is 46.3 Å². The van der Waals surface area contributed by atoms with Crippen LogP contribution in [0.5, 0.6) is 0 Å². The number of Topliss-reactive ketones (excluding diaryl/α,β-unsaturated/α-hetero) is 1. The number of likely N-dealkylation sites (tertiary alicyclic amines) is 1. The molecule has 1 aliphatic heterocycles. The second-order valence-corrected chi connectivity index (χ2v) is 5.07. The Kier molecular flexibility index (Phi) is 3.78. The third-order valence-corrected chi connectivity index (χ3v) is 3.61. The van der Waals surface area contributed by atoms with Crippen molar-refractivity contribution in [1.29, 1.82) is 0 Å². The lowest BCUT2D eigenvalue weighted by molar-refractivity contribution is 0.0918. The predicted molar refractivity (Wildman–Crippen MR) is 69.3 cm³/mol. The fraction of sp³-hybridized carbons (Fsp3) is 0.500. The van der Waals surface area contributed by atoms with Crippen LogP contribution in [0.1, 0.15) is 23.7 Å². The summed E-state index contributed by atoms with van der Waals surface area (Å²) in [5, 5.41) is 0. The highest BCUT2D eigenvalue weighted by Gasteiger charge is 2.41. The van der Waals surface area contributed by atoms with Gasteiger partial charge in [0.2, 0.25) is 0 Å². The SMILES string of the molecule is CC(N)C1(F)CCN(CC(=O)c2ccccc2)C1. The van der Waals surface area contributed by atoms with E-state index in [2.05, 4.69) is 0 Å². The summed E-state index contributed by atoms with van der Waals surface area (Å²) >= 11 is 0. The van der Waals surface area contributed by atoms with Crippen LogP contribution < -0.4 is 5.73 Å². The van der Waals surface area contributed by atoms with Gasteiger partial charge >= 0.3 is 0 Å². The van der Waals surface area contributed by atoms with E-state index in [0.717, 1.165) is 0 Å².